The quantitative estimate of drug-likeness (QED) is 0.816. The van der Waals surface area contributed by atoms with Gasteiger partial charge in [0.1, 0.15) is 5.75 Å². The number of hydrogen-bond acceptors (Lipinski definition) is 3. The summed E-state index contributed by atoms with van der Waals surface area (Å²) in [5.74, 6) is 0.846. The highest BCUT2D eigenvalue weighted by molar-refractivity contribution is 9.11. The first-order chi connectivity index (χ1) is 9.63. The predicted molar refractivity (Wildman–Crippen MR) is 86.5 cm³/mol. The van der Waals surface area contributed by atoms with Crippen LogP contribution in [-0.4, -0.2) is 12.5 Å². The molecular weight excluding hydrogens is 406 g/mol. The summed E-state index contributed by atoms with van der Waals surface area (Å²) in [7, 11) is 0. The zero-order valence-corrected chi connectivity index (χ0v) is 14.4. The molecule has 1 aromatic heterocycles. The lowest BCUT2D eigenvalue weighted by Gasteiger charge is -2.10. The first kappa shape index (κ1) is 14.1. The summed E-state index contributed by atoms with van der Waals surface area (Å²) in [6.07, 6.45) is 0.924. The van der Waals surface area contributed by atoms with Gasteiger partial charge in [0.2, 0.25) is 0 Å². The first-order valence-electron chi connectivity index (χ1n) is 6.10. The second kappa shape index (κ2) is 5.87. The Hall–Kier alpha value is -0.850. The highest BCUT2D eigenvalue weighted by Gasteiger charge is 2.18. The Morgan fingerprint density at radius 3 is 2.95 bits per heavy atom. The van der Waals surface area contributed by atoms with E-state index in [-0.39, 0.29) is 5.91 Å². The monoisotopic (exact) mass is 415 g/mol. The van der Waals surface area contributed by atoms with Crippen LogP contribution >= 0.6 is 43.2 Å². The Balaban J connectivity index is 1.74. The van der Waals surface area contributed by atoms with Crippen molar-refractivity contribution < 1.29 is 9.53 Å². The third kappa shape index (κ3) is 2.92. The maximum absolute atomic E-state index is 12.0. The van der Waals surface area contributed by atoms with E-state index in [9.17, 15) is 4.79 Å². The van der Waals surface area contributed by atoms with Gasteiger partial charge in [0.15, 0.2) is 0 Å². The molecule has 2 heterocycles. The van der Waals surface area contributed by atoms with Crippen molar-refractivity contribution in [1.29, 1.82) is 0 Å². The number of thiophene rings is 1. The minimum atomic E-state index is -0.0707. The van der Waals surface area contributed by atoms with Gasteiger partial charge >= 0.3 is 0 Å². The smallest absolute Gasteiger partial charge is 0.252 e. The Bertz CT molecular complexity index is 669. The van der Waals surface area contributed by atoms with Gasteiger partial charge in [-0.1, -0.05) is 15.9 Å². The van der Waals surface area contributed by atoms with Gasteiger partial charge in [-0.05, 0) is 39.7 Å². The van der Waals surface area contributed by atoms with Crippen LogP contribution in [0.3, 0.4) is 0 Å². The molecule has 1 aliphatic rings. The van der Waals surface area contributed by atoms with Crippen molar-refractivity contribution in [2.24, 2.45) is 0 Å². The van der Waals surface area contributed by atoms with E-state index in [1.54, 1.807) is 0 Å². The predicted octanol–water partition coefficient (Wildman–Crippen LogP) is 4.14. The van der Waals surface area contributed by atoms with Crippen molar-refractivity contribution in [3.63, 3.8) is 0 Å². The average Bonchev–Trinajstić information content (AvgIpc) is 3.03. The number of hydrogen-bond donors (Lipinski definition) is 1. The van der Waals surface area contributed by atoms with Gasteiger partial charge in [-0.2, -0.15) is 0 Å². The number of amides is 1. The summed E-state index contributed by atoms with van der Waals surface area (Å²) >= 11 is 8.36. The number of ether oxygens (including phenoxy) is 1. The molecule has 2 aromatic rings. The number of halogens is 2. The molecule has 0 aliphatic carbocycles. The van der Waals surface area contributed by atoms with Crippen LogP contribution < -0.4 is 10.1 Å². The molecule has 104 valence electrons. The van der Waals surface area contributed by atoms with E-state index in [1.807, 2.05) is 17.5 Å². The molecule has 1 N–H and O–H groups in total. The number of rotatable bonds is 3. The van der Waals surface area contributed by atoms with Gasteiger partial charge in [-0.15, -0.1) is 11.3 Å². The maximum Gasteiger partial charge on any atom is 0.252 e. The van der Waals surface area contributed by atoms with Crippen LogP contribution in [-0.2, 0) is 13.0 Å². The Morgan fingerprint density at radius 1 is 1.35 bits per heavy atom. The molecule has 0 fully saturated rings. The molecule has 0 saturated heterocycles. The van der Waals surface area contributed by atoms with Crippen molar-refractivity contribution in [1.82, 2.24) is 5.32 Å². The third-order valence-corrected chi connectivity index (χ3v) is 5.06. The largest absolute Gasteiger partial charge is 0.493 e. The summed E-state index contributed by atoms with van der Waals surface area (Å²) in [5, 5.41) is 4.77. The number of benzene rings is 1. The zero-order valence-electron chi connectivity index (χ0n) is 10.4. The van der Waals surface area contributed by atoms with Gasteiger partial charge in [-0.25, -0.2) is 0 Å². The fourth-order valence-corrected chi connectivity index (χ4v) is 3.87. The molecule has 0 bridgehead atoms. The Labute approximate surface area is 137 Å². The summed E-state index contributed by atoms with van der Waals surface area (Å²) in [6.45, 7) is 1.18. The van der Waals surface area contributed by atoms with Gasteiger partial charge in [0, 0.05) is 28.4 Å². The number of nitrogens with one attached hydrogen (secondary N) is 1. The summed E-state index contributed by atoms with van der Waals surface area (Å²) in [4.78, 5) is 12.0. The van der Waals surface area contributed by atoms with E-state index in [0.29, 0.717) is 18.7 Å². The van der Waals surface area contributed by atoms with Crippen LogP contribution in [0.25, 0.3) is 0 Å². The van der Waals surface area contributed by atoms with Crippen LogP contribution in [0.1, 0.15) is 21.5 Å². The normalized spacial score (nSPS) is 12.9. The van der Waals surface area contributed by atoms with Crippen LogP contribution in [0, 0.1) is 0 Å². The minimum Gasteiger partial charge on any atom is -0.493 e. The number of fused-ring (bicyclic) bond motifs is 1. The fraction of sp³-hybridized carbons (Fsp3) is 0.214. The second-order valence-electron chi connectivity index (χ2n) is 4.47. The lowest BCUT2D eigenvalue weighted by Crippen LogP contribution is -2.22. The van der Waals surface area contributed by atoms with Crippen LogP contribution in [0.2, 0.25) is 0 Å². The van der Waals surface area contributed by atoms with E-state index >= 15 is 0 Å². The molecule has 3 rings (SSSR count). The van der Waals surface area contributed by atoms with Crippen molar-refractivity contribution in [2.45, 2.75) is 13.0 Å². The van der Waals surface area contributed by atoms with Gasteiger partial charge < -0.3 is 10.1 Å². The van der Waals surface area contributed by atoms with E-state index in [0.717, 1.165) is 26.0 Å². The Kier molecular flexibility index (Phi) is 4.14. The first-order valence-corrected chi connectivity index (χ1v) is 8.56. The Morgan fingerprint density at radius 2 is 2.20 bits per heavy atom. The molecule has 1 amide bonds. The minimum absolute atomic E-state index is 0.0707. The van der Waals surface area contributed by atoms with Crippen molar-refractivity contribution in [3.05, 3.63) is 48.5 Å². The van der Waals surface area contributed by atoms with Crippen molar-refractivity contribution in [2.75, 3.05) is 6.61 Å². The third-order valence-electron chi connectivity index (χ3n) is 3.09. The molecule has 20 heavy (non-hydrogen) atoms. The summed E-state index contributed by atoms with van der Waals surface area (Å²) in [6, 6.07) is 5.89. The fourth-order valence-electron chi connectivity index (χ4n) is 2.18. The highest BCUT2D eigenvalue weighted by atomic mass is 79.9. The molecular formula is C14H11Br2NO2S. The maximum atomic E-state index is 12.0. The van der Waals surface area contributed by atoms with Crippen LogP contribution in [0.15, 0.2) is 31.8 Å². The van der Waals surface area contributed by atoms with E-state index in [4.69, 9.17) is 4.74 Å². The SMILES string of the molecule is O=C(NCc1cc(Br)cc2c1OCC2)c1csc(Br)c1. The average molecular weight is 417 g/mol. The van der Waals surface area contributed by atoms with Gasteiger partial charge in [-0.3, -0.25) is 4.79 Å². The zero-order chi connectivity index (χ0) is 14.1. The molecule has 3 nitrogen and oxygen atoms in total. The molecule has 0 radical (unpaired) electrons. The molecule has 0 spiro atoms. The standard InChI is InChI=1S/C14H11Br2NO2S/c15-11-3-8-1-2-19-13(8)9(4-11)6-17-14(18)10-5-12(16)20-7-10/h3-5,7H,1-2,6H2,(H,17,18). The second-order valence-corrected chi connectivity index (χ2v) is 7.68. The lowest BCUT2D eigenvalue weighted by molar-refractivity contribution is 0.0951. The molecule has 0 saturated carbocycles. The topological polar surface area (TPSA) is 38.3 Å². The molecule has 1 aromatic carbocycles. The summed E-state index contributed by atoms with van der Waals surface area (Å²) in [5.41, 5.74) is 2.88. The number of carbonyl (C=O) groups is 1. The van der Waals surface area contributed by atoms with Crippen molar-refractivity contribution in [3.8, 4) is 5.75 Å². The van der Waals surface area contributed by atoms with E-state index in [1.165, 1.54) is 16.9 Å². The van der Waals surface area contributed by atoms with Crippen LogP contribution in [0.4, 0.5) is 0 Å². The number of carbonyl (C=O) groups excluding carboxylic acids is 1. The molecule has 1 aliphatic heterocycles. The van der Waals surface area contributed by atoms with E-state index < -0.39 is 0 Å². The molecule has 0 atom stereocenters. The van der Waals surface area contributed by atoms with Crippen molar-refractivity contribution >= 4 is 49.1 Å². The van der Waals surface area contributed by atoms with Crippen LogP contribution in [0.5, 0.6) is 5.75 Å². The molecule has 0 unspecified atom stereocenters. The van der Waals surface area contributed by atoms with Gasteiger partial charge in [0.25, 0.3) is 5.91 Å². The molecule has 6 heteroatoms. The van der Waals surface area contributed by atoms with Gasteiger partial charge in [0.05, 0.1) is 16.0 Å². The lowest BCUT2D eigenvalue weighted by atomic mass is 10.1. The van der Waals surface area contributed by atoms with E-state index in [2.05, 4.69) is 43.2 Å². The summed E-state index contributed by atoms with van der Waals surface area (Å²) < 4.78 is 7.62. The highest BCUT2D eigenvalue weighted by Crippen LogP contribution is 2.33.